The van der Waals surface area contributed by atoms with Gasteiger partial charge in [0.05, 0.1) is 13.2 Å². The molecule has 1 saturated carbocycles. The van der Waals surface area contributed by atoms with E-state index in [4.69, 9.17) is 9.84 Å². The van der Waals surface area contributed by atoms with E-state index in [2.05, 4.69) is 6.92 Å². The van der Waals surface area contributed by atoms with Crippen molar-refractivity contribution < 1.29 is 14.6 Å². The van der Waals surface area contributed by atoms with Crippen LogP contribution in [0.15, 0.2) is 0 Å². The van der Waals surface area contributed by atoms with Crippen LogP contribution in [0.2, 0.25) is 0 Å². The molecule has 0 radical (unpaired) electrons. The molecule has 3 heteroatoms. The van der Waals surface area contributed by atoms with Gasteiger partial charge in [0.25, 0.3) is 0 Å². The Balaban J connectivity index is 2.17. The Labute approximate surface area is 85.5 Å². The Hall–Kier alpha value is -0.410. The van der Waals surface area contributed by atoms with E-state index in [-0.39, 0.29) is 12.5 Å². The molecule has 0 amide bonds. The van der Waals surface area contributed by atoms with Gasteiger partial charge in [-0.1, -0.05) is 6.92 Å². The second-order valence-corrected chi connectivity index (χ2v) is 4.17. The number of rotatable bonds is 5. The predicted molar refractivity (Wildman–Crippen MR) is 54.0 cm³/mol. The van der Waals surface area contributed by atoms with Crippen LogP contribution in [0.4, 0.5) is 0 Å². The van der Waals surface area contributed by atoms with Gasteiger partial charge >= 0.3 is 0 Å². The van der Waals surface area contributed by atoms with Crippen LogP contribution in [-0.4, -0.2) is 30.7 Å². The van der Waals surface area contributed by atoms with Crippen LogP contribution < -0.4 is 0 Å². The molecular weight excluding hydrogens is 180 g/mol. The van der Waals surface area contributed by atoms with Crippen molar-refractivity contribution in [3.05, 3.63) is 0 Å². The van der Waals surface area contributed by atoms with Crippen LogP contribution in [0.25, 0.3) is 0 Å². The van der Waals surface area contributed by atoms with Crippen molar-refractivity contribution in [2.75, 3.05) is 19.8 Å². The zero-order valence-electron chi connectivity index (χ0n) is 8.87. The normalized spacial score (nSPS) is 28.0. The first kappa shape index (κ1) is 11.7. The van der Waals surface area contributed by atoms with E-state index in [1.165, 1.54) is 0 Å². The molecule has 0 saturated heterocycles. The van der Waals surface area contributed by atoms with Gasteiger partial charge in [0, 0.05) is 18.9 Å². The second kappa shape index (κ2) is 6.14. The minimum Gasteiger partial charge on any atom is -0.394 e. The molecule has 82 valence electrons. The highest BCUT2D eigenvalue weighted by Gasteiger charge is 2.25. The van der Waals surface area contributed by atoms with Crippen LogP contribution in [0.5, 0.6) is 0 Å². The molecule has 2 atom stereocenters. The molecule has 14 heavy (non-hydrogen) atoms. The van der Waals surface area contributed by atoms with Crippen molar-refractivity contribution in [2.24, 2.45) is 11.8 Å². The van der Waals surface area contributed by atoms with Gasteiger partial charge in [-0.05, 0) is 25.2 Å². The molecule has 2 unspecified atom stereocenters. The van der Waals surface area contributed by atoms with Crippen molar-refractivity contribution >= 4 is 5.78 Å². The molecule has 0 aromatic rings. The fourth-order valence-corrected chi connectivity index (χ4v) is 2.00. The van der Waals surface area contributed by atoms with Crippen molar-refractivity contribution in [1.29, 1.82) is 0 Å². The molecule has 1 fully saturated rings. The third-order valence-electron chi connectivity index (χ3n) is 2.87. The van der Waals surface area contributed by atoms with Crippen LogP contribution in [0, 0.1) is 11.8 Å². The minimum absolute atomic E-state index is 0.0645. The topological polar surface area (TPSA) is 46.5 Å². The highest BCUT2D eigenvalue weighted by molar-refractivity contribution is 5.81. The van der Waals surface area contributed by atoms with E-state index in [0.29, 0.717) is 24.9 Å². The van der Waals surface area contributed by atoms with Gasteiger partial charge in [-0.25, -0.2) is 0 Å². The number of ether oxygens (including phenoxy) is 1. The first-order valence-corrected chi connectivity index (χ1v) is 5.45. The van der Waals surface area contributed by atoms with Gasteiger partial charge in [-0.15, -0.1) is 0 Å². The molecule has 0 spiro atoms. The molecule has 0 aromatic carbocycles. The van der Waals surface area contributed by atoms with Crippen LogP contribution in [0.1, 0.15) is 32.6 Å². The summed E-state index contributed by atoms with van der Waals surface area (Å²) >= 11 is 0. The summed E-state index contributed by atoms with van der Waals surface area (Å²) in [6, 6.07) is 0. The quantitative estimate of drug-likeness (QED) is 0.682. The van der Waals surface area contributed by atoms with Crippen molar-refractivity contribution in [2.45, 2.75) is 32.6 Å². The average molecular weight is 200 g/mol. The maximum atomic E-state index is 11.5. The number of ketones is 1. The summed E-state index contributed by atoms with van der Waals surface area (Å²) in [7, 11) is 0. The lowest BCUT2D eigenvalue weighted by molar-refractivity contribution is -0.126. The Morgan fingerprint density at radius 3 is 3.00 bits per heavy atom. The lowest BCUT2D eigenvalue weighted by atomic mass is 9.80. The van der Waals surface area contributed by atoms with Crippen molar-refractivity contribution in [3.8, 4) is 0 Å². The Morgan fingerprint density at radius 1 is 1.50 bits per heavy atom. The zero-order valence-corrected chi connectivity index (χ0v) is 8.87. The number of aliphatic hydroxyl groups excluding tert-OH is 1. The minimum atomic E-state index is 0.0645. The van der Waals surface area contributed by atoms with E-state index in [0.717, 1.165) is 25.7 Å². The smallest absolute Gasteiger partial charge is 0.136 e. The summed E-state index contributed by atoms with van der Waals surface area (Å²) in [4.78, 5) is 11.5. The van der Waals surface area contributed by atoms with Crippen molar-refractivity contribution in [3.63, 3.8) is 0 Å². The molecular formula is C11H20O3. The summed E-state index contributed by atoms with van der Waals surface area (Å²) < 4.78 is 5.17. The predicted octanol–water partition coefficient (Wildman–Crippen LogP) is 1.39. The third kappa shape index (κ3) is 3.76. The number of carbonyl (C=O) groups excluding carboxylic acids is 1. The van der Waals surface area contributed by atoms with E-state index < -0.39 is 0 Å². The molecule has 1 aliphatic rings. The summed E-state index contributed by atoms with van der Waals surface area (Å²) in [6.07, 6.45) is 3.63. The Morgan fingerprint density at radius 2 is 2.29 bits per heavy atom. The largest absolute Gasteiger partial charge is 0.394 e. The highest BCUT2D eigenvalue weighted by Crippen LogP contribution is 2.27. The standard InChI is InChI=1S/C11H20O3/c1-9-2-3-11(13)10(8-9)4-6-14-7-5-12/h9-10,12H,2-8H2,1H3. The van der Waals surface area contributed by atoms with Crippen LogP contribution in [0.3, 0.4) is 0 Å². The molecule has 0 heterocycles. The molecule has 0 bridgehead atoms. The number of Topliss-reactive ketones (excluding diaryl/α,β-unsaturated/α-hetero) is 1. The maximum Gasteiger partial charge on any atom is 0.136 e. The number of hydrogen-bond acceptors (Lipinski definition) is 3. The van der Waals surface area contributed by atoms with E-state index >= 15 is 0 Å². The van der Waals surface area contributed by atoms with Gasteiger partial charge in [0.15, 0.2) is 0 Å². The lowest BCUT2D eigenvalue weighted by Crippen LogP contribution is -2.24. The maximum absolute atomic E-state index is 11.5. The van der Waals surface area contributed by atoms with E-state index in [1.54, 1.807) is 0 Å². The Bertz CT molecular complexity index is 179. The third-order valence-corrected chi connectivity index (χ3v) is 2.87. The van der Waals surface area contributed by atoms with Gasteiger partial charge in [-0.3, -0.25) is 4.79 Å². The second-order valence-electron chi connectivity index (χ2n) is 4.17. The first-order valence-electron chi connectivity index (χ1n) is 5.45. The molecule has 0 aromatic heterocycles. The summed E-state index contributed by atoms with van der Waals surface area (Å²) in [5.74, 6) is 1.28. The van der Waals surface area contributed by atoms with E-state index in [9.17, 15) is 4.79 Å². The molecule has 3 nitrogen and oxygen atoms in total. The molecule has 0 aliphatic heterocycles. The average Bonchev–Trinajstić information content (AvgIpc) is 2.18. The first-order chi connectivity index (χ1) is 6.74. The lowest BCUT2D eigenvalue weighted by Gasteiger charge is -2.25. The van der Waals surface area contributed by atoms with Crippen LogP contribution >= 0.6 is 0 Å². The zero-order chi connectivity index (χ0) is 10.4. The summed E-state index contributed by atoms with van der Waals surface area (Å²) in [5.41, 5.74) is 0. The fourth-order valence-electron chi connectivity index (χ4n) is 2.00. The number of aliphatic hydroxyl groups is 1. The number of hydrogen-bond donors (Lipinski definition) is 1. The van der Waals surface area contributed by atoms with Gasteiger partial charge in [0.1, 0.15) is 5.78 Å². The molecule has 1 rings (SSSR count). The monoisotopic (exact) mass is 200 g/mol. The molecule has 1 aliphatic carbocycles. The van der Waals surface area contributed by atoms with Gasteiger partial charge < -0.3 is 9.84 Å². The summed E-state index contributed by atoms with van der Waals surface area (Å²) in [5, 5.41) is 8.51. The van der Waals surface area contributed by atoms with Crippen LogP contribution in [-0.2, 0) is 9.53 Å². The van der Waals surface area contributed by atoms with E-state index in [1.807, 2.05) is 0 Å². The number of carbonyl (C=O) groups is 1. The SMILES string of the molecule is CC1CCC(=O)C(CCOCCO)C1. The molecule has 1 N–H and O–H groups in total. The van der Waals surface area contributed by atoms with Gasteiger partial charge in [0.2, 0.25) is 0 Å². The fraction of sp³-hybridized carbons (Fsp3) is 0.909. The Kier molecular flexibility index (Phi) is 5.12. The van der Waals surface area contributed by atoms with Crippen molar-refractivity contribution in [1.82, 2.24) is 0 Å². The van der Waals surface area contributed by atoms with Gasteiger partial charge in [-0.2, -0.15) is 0 Å². The summed E-state index contributed by atoms with van der Waals surface area (Å²) in [6.45, 7) is 3.25. The highest BCUT2D eigenvalue weighted by atomic mass is 16.5.